The van der Waals surface area contributed by atoms with Gasteiger partial charge in [0.05, 0.1) is 12.8 Å². The van der Waals surface area contributed by atoms with E-state index in [1.807, 2.05) is 0 Å². The number of anilines is 1. The van der Waals surface area contributed by atoms with Crippen LogP contribution in [0.15, 0.2) is 18.2 Å². The Morgan fingerprint density at radius 1 is 1.55 bits per heavy atom. The molecule has 7 nitrogen and oxygen atoms in total. The molecule has 0 saturated carbocycles. The number of carbonyl (C=O) groups is 2. The van der Waals surface area contributed by atoms with Gasteiger partial charge in [0.25, 0.3) is 0 Å². The molecule has 1 aliphatic rings. The maximum atomic E-state index is 13.7. The molecule has 1 aromatic rings. The van der Waals surface area contributed by atoms with Crippen molar-refractivity contribution in [2.45, 2.75) is 6.23 Å². The third-order valence-corrected chi connectivity index (χ3v) is 2.88. The minimum atomic E-state index is -1.43. The second-order valence-electron chi connectivity index (χ2n) is 4.18. The lowest BCUT2D eigenvalue weighted by molar-refractivity contribution is -0.183. The van der Waals surface area contributed by atoms with E-state index in [0.29, 0.717) is 5.75 Å². The number of nitrogens with one attached hydrogen (secondary N) is 1. The second kappa shape index (κ2) is 5.43. The summed E-state index contributed by atoms with van der Waals surface area (Å²) in [6.45, 7) is 0. The predicted molar refractivity (Wildman–Crippen MR) is 64.9 cm³/mol. The maximum absolute atomic E-state index is 13.7. The van der Waals surface area contributed by atoms with Crippen molar-refractivity contribution >= 4 is 17.6 Å². The number of nitrogens with zero attached hydrogens (tertiary/aromatic N) is 1. The highest BCUT2D eigenvalue weighted by atomic mass is 19.1. The molecule has 0 aliphatic carbocycles. The first-order valence-corrected chi connectivity index (χ1v) is 5.71. The van der Waals surface area contributed by atoms with Crippen molar-refractivity contribution < 1.29 is 28.7 Å². The first-order valence-electron chi connectivity index (χ1n) is 5.71. The third-order valence-electron chi connectivity index (χ3n) is 2.88. The number of rotatable bonds is 3. The zero-order valence-corrected chi connectivity index (χ0v) is 10.8. The molecule has 20 heavy (non-hydrogen) atoms. The number of aliphatic hydroxyl groups excluding tert-OH is 1. The Kier molecular flexibility index (Phi) is 3.86. The number of benzene rings is 1. The van der Waals surface area contributed by atoms with Crippen molar-refractivity contribution in [1.29, 1.82) is 0 Å². The lowest BCUT2D eigenvalue weighted by atomic mass is 10.1. The molecule has 2 N–H and O–H groups in total. The third kappa shape index (κ3) is 2.56. The van der Waals surface area contributed by atoms with Crippen molar-refractivity contribution in [3.63, 3.8) is 0 Å². The van der Waals surface area contributed by atoms with E-state index in [9.17, 15) is 19.1 Å². The van der Waals surface area contributed by atoms with Gasteiger partial charge in [0.1, 0.15) is 11.6 Å². The fourth-order valence-electron chi connectivity index (χ4n) is 1.76. The van der Waals surface area contributed by atoms with Crippen molar-refractivity contribution in [3.8, 4) is 5.75 Å². The Hall–Kier alpha value is -2.19. The van der Waals surface area contributed by atoms with Crippen molar-refractivity contribution in [3.05, 3.63) is 24.0 Å². The summed E-state index contributed by atoms with van der Waals surface area (Å²) in [6, 6.07) is 3.84. The highest BCUT2D eigenvalue weighted by molar-refractivity contribution is 6.05. The van der Waals surface area contributed by atoms with Crippen LogP contribution in [-0.2, 0) is 14.4 Å². The predicted octanol–water partition coefficient (Wildman–Crippen LogP) is 0.111. The largest absolute Gasteiger partial charge is 0.497 e. The molecule has 2 atom stereocenters. The SMILES string of the molecule is COc1ccc(NC(=O)C2C(=O)ON(C)C2O)c(F)c1. The number of aliphatic hydroxyl groups is 1. The van der Waals surface area contributed by atoms with Crippen LogP contribution in [0.5, 0.6) is 5.75 Å². The topological polar surface area (TPSA) is 88.1 Å². The van der Waals surface area contributed by atoms with Crippen LogP contribution in [0.2, 0.25) is 0 Å². The molecule has 1 aliphatic heterocycles. The van der Waals surface area contributed by atoms with Crippen LogP contribution >= 0.6 is 0 Å². The van der Waals surface area contributed by atoms with Crippen LogP contribution in [0, 0.1) is 11.7 Å². The average Bonchev–Trinajstić information content (AvgIpc) is 2.65. The van der Waals surface area contributed by atoms with Gasteiger partial charge < -0.3 is 20.0 Å². The minimum absolute atomic E-state index is 0.120. The molecule has 1 heterocycles. The van der Waals surface area contributed by atoms with E-state index in [1.54, 1.807) is 0 Å². The monoisotopic (exact) mass is 284 g/mol. The number of hydrogen-bond acceptors (Lipinski definition) is 6. The van der Waals surface area contributed by atoms with E-state index in [4.69, 9.17) is 4.74 Å². The molecule has 8 heteroatoms. The molecule has 2 rings (SSSR count). The maximum Gasteiger partial charge on any atom is 0.341 e. The van der Waals surface area contributed by atoms with E-state index in [1.165, 1.54) is 26.3 Å². The van der Waals surface area contributed by atoms with Crippen molar-refractivity contribution in [2.24, 2.45) is 5.92 Å². The second-order valence-corrected chi connectivity index (χ2v) is 4.18. The minimum Gasteiger partial charge on any atom is -0.497 e. The van der Waals surface area contributed by atoms with Gasteiger partial charge in [-0.05, 0) is 12.1 Å². The molecule has 1 saturated heterocycles. The van der Waals surface area contributed by atoms with Crippen molar-refractivity contribution in [1.82, 2.24) is 5.06 Å². The van der Waals surface area contributed by atoms with E-state index < -0.39 is 29.8 Å². The highest BCUT2D eigenvalue weighted by Crippen LogP contribution is 2.24. The number of hydroxylamine groups is 2. The summed E-state index contributed by atoms with van der Waals surface area (Å²) < 4.78 is 18.5. The Morgan fingerprint density at radius 3 is 2.75 bits per heavy atom. The molecular weight excluding hydrogens is 271 g/mol. The first kappa shape index (κ1) is 14.2. The van der Waals surface area contributed by atoms with Crippen LogP contribution < -0.4 is 10.1 Å². The van der Waals surface area contributed by atoms with Gasteiger partial charge in [0.15, 0.2) is 12.1 Å². The zero-order chi connectivity index (χ0) is 14.9. The van der Waals surface area contributed by atoms with Crippen LogP contribution in [0.3, 0.4) is 0 Å². The summed E-state index contributed by atoms with van der Waals surface area (Å²) in [5.74, 6) is -3.60. The molecule has 0 radical (unpaired) electrons. The molecule has 0 bridgehead atoms. The van der Waals surface area contributed by atoms with Gasteiger partial charge in [-0.25, -0.2) is 9.18 Å². The number of ether oxygens (including phenoxy) is 1. The fourth-order valence-corrected chi connectivity index (χ4v) is 1.76. The molecule has 2 unspecified atom stereocenters. The lowest BCUT2D eigenvalue weighted by Gasteiger charge is -2.14. The lowest BCUT2D eigenvalue weighted by Crippen LogP contribution is -2.37. The van der Waals surface area contributed by atoms with Gasteiger partial charge in [0.2, 0.25) is 5.91 Å². The van der Waals surface area contributed by atoms with Crippen LogP contribution in [0.25, 0.3) is 0 Å². The molecule has 0 aromatic heterocycles. The summed E-state index contributed by atoms with van der Waals surface area (Å²) in [5, 5.41) is 12.7. The van der Waals surface area contributed by atoms with Gasteiger partial charge in [-0.2, -0.15) is 0 Å². The zero-order valence-electron chi connectivity index (χ0n) is 10.8. The molecule has 0 spiro atoms. The van der Waals surface area contributed by atoms with Crippen LogP contribution in [0.4, 0.5) is 10.1 Å². The van der Waals surface area contributed by atoms with E-state index in [-0.39, 0.29) is 5.69 Å². The summed E-state index contributed by atoms with van der Waals surface area (Å²) >= 11 is 0. The van der Waals surface area contributed by atoms with Crippen molar-refractivity contribution in [2.75, 3.05) is 19.5 Å². The molecule has 1 amide bonds. The Bertz CT molecular complexity index is 551. The van der Waals surface area contributed by atoms with Crippen LogP contribution in [-0.4, -0.2) is 42.4 Å². The molecular formula is C12H13FN2O5. The summed E-state index contributed by atoms with van der Waals surface area (Å²) in [6.07, 6.45) is -1.41. The van der Waals surface area contributed by atoms with Gasteiger partial charge in [-0.15, -0.1) is 5.06 Å². The summed E-state index contributed by atoms with van der Waals surface area (Å²) in [5.41, 5.74) is -0.120. The van der Waals surface area contributed by atoms with E-state index in [0.717, 1.165) is 11.1 Å². The smallest absolute Gasteiger partial charge is 0.341 e. The highest BCUT2D eigenvalue weighted by Gasteiger charge is 2.45. The first-order chi connectivity index (χ1) is 9.43. The number of amides is 1. The Balaban J connectivity index is 2.14. The standard InChI is InChI=1S/C12H13FN2O5/c1-15-11(17)9(12(18)20-15)10(16)14-8-4-3-6(19-2)5-7(8)13/h3-5,9,11,17H,1-2H3,(H,14,16). The van der Waals surface area contributed by atoms with E-state index in [2.05, 4.69) is 10.2 Å². The Morgan fingerprint density at radius 2 is 2.25 bits per heavy atom. The fraction of sp³-hybridized carbons (Fsp3) is 0.333. The van der Waals surface area contributed by atoms with Gasteiger partial charge >= 0.3 is 5.97 Å². The Labute approximate surface area is 113 Å². The number of hydrogen-bond donors (Lipinski definition) is 2. The molecule has 1 fully saturated rings. The summed E-state index contributed by atoms with van der Waals surface area (Å²) in [7, 11) is 2.69. The molecule has 108 valence electrons. The molecule has 1 aromatic carbocycles. The number of carbonyl (C=O) groups excluding carboxylic acids is 2. The summed E-state index contributed by atoms with van der Waals surface area (Å²) in [4.78, 5) is 27.9. The van der Waals surface area contributed by atoms with E-state index >= 15 is 0 Å². The quantitative estimate of drug-likeness (QED) is 0.766. The van der Waals surface area contributed by atoms with Gasteiger partial charge in [0, 0.05) is 13.1 Å². The number of halogens is 1. The number of methoxy groups -OCH3 is 1. The van der Waals surface area contributed by atoms with Gasteiger partial charge in [-0.1, -0.05) is 0 Å². The van der Waals surface area contributed by atoms with Gasteiger partial charge in [-0.3, -0.25) is 4.79 Å². The average molecular weight is 284 g/mol. The van der Waals surface area contributed by atoms with Crippen LogP contribution in [0.1, 0.15) is 0 Å². The normalized spacial score (nSPS) is 22.5.